The van der Waals surface area contributed by atoms with Crippen LogP contribution in [0.3, 0.4) is 0 Å². The number of carbonyl (C=O) groups excluding carboxylic acids is 2. The second-order valence-electron chi connectivity index (χ2n) is 13.8. The van der Waals surface area contributed by atoms with E-state index in [1.807, 2.05) is 0 Å². The van der Waals surface area contributed by atoms with Crippen molar-refractivity contribution in [2.45, 2.75) is 60.9 Å². The van der Waals surface area contributed by atoms with Crippen LogP contribution in [0.15, 0.2) is 97.1 Å². The summed E-state index contributed by atoms with van der Waals surface area (Å²) >= 11 is 2.79. The van der Waals surface area contributed by atoms with E-state index in [0.29, 0.717) is 24.3 Å². The summed E-state index contributed by atoms with van der Waals surface area (Å²) in [5, 5.41) is 36.7. The zero-order chi connectivity index (χ0) is 36.3. The van der Waals surface area contributed by atoms with Crippen LogP contribution in [0, 0.1) is 0 Å². The lowest BCUT2D eigenvalue weighted by Crippen LogP contribution is -2.56. The van der Waals surface area contributed by atoms with Crippen molar-refractivity contribution in [3.8, 4) is 0 Å². The van der Waals surface area contributed by atoms with Crippen LogP contribution in [0.5, 0.6) is 0 Å². The number of rotatable bonds is 16. The molecule has 4 aromatic carbocycles. The van der Waals surface area contributed by atoms with Gasteiger partial charge in [-0.2, -0.15) is 23.5 Å². The second-order valence-corrected chi connectivity index (χ2v) is 16.1. The van der Waals surface area contributed by atoms with Crippen LogP contribution in [-0.4, -0.2) is 81.2 Å². The van der Waals surface area contributed by atoms with Gasteiger partial charge in [0.2, 0.25) is 0 Å². The van der Waals surface area contributed by atoms with E-state index >= 15 is 0 Å². The van der Waals surface area contributed by atoms with Crippen molar-refractivity contribution >= 4 is 35.5 Å². The van der Waals surface area contributed by atoms with Crippen LogP contribution < -0.4 is 0 Å². The number of carbonyl (C=O) groups is 2. The van der Waals surface area contributed by atoms with Gasteiger partial charge in [0, 0.05) is 36.2 Å². The smallest absolute Gasteiger partial charge is 0.305 e. The van der Waals surface area contributed by atoms with Gasteiger partial charge in [0.1, 0.15) is 13.2 Å². The average molecular weight is 741 g/mol. The summed E-state index contributed by atoms with van der Waals surface area (Å²) < 4.78 is 12.7. The van der Waals surface area contributed by atoms with Crippen LogP contribution in [-0.2, 0) is 29.9 Å². The number of hydrogen-bond acceptors (Lipinski definition) is 10. The van der Waals surface area contributed by atoms with Crippen molar-refractivity contribution in [2.24, 2.45) is 0 Å². The predicted octanol–water partition coefficient (Wildman–Crippen LogP) is 5.60. The number of aliphatic hydroxyl groups is 4. The number of thioether (sulfide) groups is 2. The molecule has 0 aromatic heterocycles. The molecule has 0 saturated carbocycles. The normalized spacial score (nSPS) is 21.9. The molecule has 0 unspecified atom stereocenters. The summed E-state index contributed by atoms with van der Waals surface area (Å²) in [6.45, 7) is 0.269. The van der Waals surface area contributed by atoms with Crippen LogP contribution in [0.25, 0.3) is 0 Å². The highest BCUT2D eigenvalue weighted by Gasteiger charge is 2.63. The van der Waals surface area contributed by atoms with Gasteiger partial charge in [-0.15, -0.1) is 0 Å². The molecule has 0 radical (unpaired) electrons. The molecule has 272 valence electrons. The van der Waals surface area contributed by atoms with Crippen molar-refractivity contribution in [3.63, 3.8) is 0 Å². The van der Waals surface area contributed by atoms with E-state index in [2.05, 4.69) is 97.1 Å². The standard InChI is InChI=1S/C42H44O8S2/c43-35(44)23-51-21-9-19-37(47)49-25-41-31-15-5-1-11-27(31)39(28-12-2-6-16-32(28)41)42(26-50-38(48)20-10-22-52-24-36(45)46)33-17-7-3-13-29(33)40(41)30-14-4-8-18-34(30)42/h1-8,11-18,35-36,39-40,43-46H,9-10,19-26H2. The first-order valence-electron chi connectivity index (χ1n) is 17.9. The first-order chi connectivity index (χ1) is 25.3. The monoisotopic (exact) mass is 740 g/mol. The van der Waals surface area contributed by atoms with Gasteiger partial charge in [-0.1, -0.05) is 97.1 Å². The molecule has 4 aromatic rings. The SMILES string of the molecule is O=C(CCCSCC(O)O)OCC12c3ccccc3C(c3ccccc31)C1(COC(=O)CCCSCC(O)O)c3ccccc3C2c2ccccc21. The topological polar surface area (TPSA) is 134 Å². The fraction of sp³-hybridized carbons (Fsp3) is 0.381. The van der Waals surface area contributed by atoms with Crippen molar-refractivity contribution in [2.75, 3.05) is 36.2 Å². The van der Waals surface area contributed by atoms with E-state index in [1.54, 1.807) is 0 Å². The van der Waals surface area contributed by atoms with E-state index in [4.69, 9.17) is 9.47 Å². The van der Waals surface area contributed by atoms with Gasteiger partial charge in [-0.25, -0.2) is 0 Å². The number of aliphatic hydroxyl groups excluding tert-OH is 2. The molecule has 10 rings (SSSR count). The Hall–Kier alpha value is -3.64. The van der Waals surface area contributed by atoms with Gasteiger partial charge in [0.25, 0.3) is 0 Å². The molecule has 0 saturated heterocycles. The number of hydrogen-bond donors (Lipinski definition) is 4. The quantitative estimate of drug-likeness (QED) is 0.0654. The first kappa shape index (κ1) is 36.7. The van der Waals surface area contributed by atoms with Crippen LogP contribution in [0.1, 0.15) is 82.0 Å². The first-order valence-corrected chi connectivity index (χ1v) is 20.2. The molecule has 0 aliphatic heterocycles. The molecule has 6 aliphatic carbocycles. The van der Waals surface area contributed by atoms with Crippen molar-refractivity contribution in [1.82, 2.24) is 0 Å². The van der Waals surface area contributed by atoms with Crippen LogP contribution >= 0.6 is 23.5 Å². The molecule has 4 bridgehead atoms. The maximum Gasteiger partial charge on any atom is 0.305 e. The van der Waals surface area contributed by atoms with Crippen molar-refractivity contribution in [3.05, 3.63) is 142 Å². The molecular weight excluding hydrogens is 697 g/mol. The summed E-state index contributed by atoms with van der Waals surface area (Å²) in [5.74, 6) is 0.615. The highest BCUT2D eigenvalue weighted by Crippen LogP contribution is 2.68. The maximum absolute atomic E-state index is 13.5. The second kappa shape index (κ2) is 15.8. The molecule has 0 spiro atoms. The van der Waals surface area contributed by atoms with E-state index < -0.39 is 23.4 Å². The Bertz CT molecular complexity index is 1680. The van der Waals surface area contributed by atoms with E-state index in [0.717, 1.165) is 44.5 Å². The number of ether oxygens (including phenoxy) is 2. The minimum absolute atomic E-state index is 0.135. The lowest BCUT2D eigenvalue weighted by Gasteiger charge is -2.60. The molecule has 6 aliphatic rings. The Balaban J connectivity index is 1.32. The van der Waals surface area contributed by atoms with Gasteiger partial charge in [0.15, 0.2) is 12.6 Å². The Labute approximate surface area is 312 Å². The Morgan fingerprint density at radius 2 is 0.846 bits per heavy atom. The lowest BCUT2D eigenvalue weighted by atomic mass is 9.43. The summed E-state index contributed by atoms with van der Waals surface area (Å²) in [6.07, 6.45) is -1.16. The molecule has 8 nitrogen and oxygen atoms in total. The molecule has 52 heavy (non-hydrogen) atoms. The van der Waals surface area contributed by atoms with Gasteiger partial charge in [-0.05, 0) is 68.9 Å². The fourth-order valence-electron chi connectivity index (χ4n) is 8.95. The van der Waals surface area contributed by atoms with Crippen molar-refractivity contribution < 1.29 is 39.5 Å². The Morgan fingerprint density at radius 3 is 1.15 bits per heavy atom. The van der Waals surface area contributed by atoms with E-state index in [-0.39, 0.29) is 61.3 Å². The lowest BCUT2D eigenvalue weighted by molar-refractivity contribution is -0.145. The fourth-order valence-corrected chi connectivity index (χ4v) is 10.4. The van der Waals surface area contributed by atoms with Gasteiger partial charge in [-0.3, -0.25) is 9.59 Å². The zero-order valence-electron chi connectivity index (χ0n) is 28.9. The number of esters is 2. The minimum atomic E-state index is -1.37. The Morgan fingerprint density at radius 1 is 0.538 bits per heavy atom. The van der Waals surface area contributed by atoms with Gasteiger partial charge in [0.05, 0.1) is 10.8 Å². The summed E-state index contributed by atoms with van der Waals surface area (Å²) in [7, 11) is 0. The average Bonchev–Trinajstić information content (AvgIpc) is 3.14. The van der Waals surface area contributed by atoms with Gasteiger partial charge >= 0.3 is 11.9 Å². The van der Waals surface area contributed by atoms with E-state index in [9.17, 15) is 30.0 Å². The summed E-state index contributed by atoms with van der Waals surface area (Å²) in [5.41, 5.74) is 7.40. The van der Waals surface area contributed by atoms with Crippen molar-refractivity contribution in [1.29, 1.82) is 0 Å². The maximum atomic E-state index is 13.5. The Kier molecular flexibility index (Phi) is 11.1. The number of benzene rings is 4. The highest BCUT2D eigenvalue weighted by molar-refractivity contribution is 7.99. The zero-order valence-corrected chi connectivity index (χ0v) is 30.5. The third-order valence-corrected chi connectivity index (χ3v) is 13.0. The predicted molar refractivity (Wildman–Crippen MR) is 203 cm³/mol. The molecule has 4 N–H and O–H groups in total. The molecular formula is C42H44O8S2. The third kappa shape index (κ3) is 6.58. The summed E-state index contributed by atoms with van der Waals surface area (Å²) in [4.78, 5) is 26.9. The van der Waals surface area contributed by atoms with Crippen LogP contribution in [0.4, 0.5) is 0 Å². The largest absolute Gasteiger partial charge is 0.464 e. The molecule has 0 heterocycles. The minimum Gasteiger partial charge on any atom is -0.464 e. The van der Waals surface area contributed by atoms with Gasteiger partial charge < -0.3 is 29.9 Å². The molecule has 0 amide bonds. The molecule has 0 fully saturated rings. The highest BCUT2D eigenvalue weighted by atomic mass is 32.2. The van der Waals surface area contributed by atoms with Crippen LogP contribution in [0.2, 0.25) is 0 Å². The molecule has 10 heteroatoms. The molecule has 0 atom stereocenters. The third-order valence-electron chi connectivity index (χ3n) is 10.8. The van der Waals surface area contributed by atoms with E-state index in [1.165, 1.54) is 23.5 Å². The summed E-state index contributed by atoms with van der Waals surface area (Å²) in [6, 6.07) is 33.9.